The van der Waals surface area contributed by atoms with Crippen LogP contribution in [0.25, 0.3) is 22.3 Å². The third kappa shape index (κ3) is 2.01. The van der Waals surface area contributed by atoms with Gasteiger partial charge in [-0.3, -0.25) is 4.79 Å². The molecule has 1 heterocycles. The maximum absolute atomic E-state index is 12.4. The molecule has 0 radical (unpaired) electrons. The Bertz CT molecular complexity index is 804. The molecule has 3 rings (SSSR count). The van der Waals surface area contributed by atoms with Crippen LogP contribution >= 0.6 is 0 Å². The molecule has 0 amide bonds. The van der Waals surface area contributed by atoms with Crippen molar-refractivity contribution in [2.75, 3.05) is 0 Å². The topological polar surface area (TPSA) is 70.7 Å². The molecule has 20 heavy (non-hydrogen) atoms. The summed E-state index contributed by atoms with van der Waals surface area (Å²) >= 11 is 0. The average Bonchev–Trinajstić information content (AvgIpc) is 2.47. The minimum atomic E-state index is -1.88. The van der Waals surface area contributed by atoms with Crippen molar-refractivity contribution in [3.8, 4) is 11.3 Å². The first-order valence-electron chi connectivity index (χ1n) is 6.16. The van der Waals surface area contributed by atoms with Crippen molar-refractivity contribution in [2.24, 2.45) is 0 Å². The lowest BCUT2D eigenvalue weighted by Gasteiger charge is -2.11. The molecule has 0 saturated carbocycles. The van der Waals surface area contributed by atoms with Gasteiger partial charge in [0.1, 0.15) is 11.3 Å². The summed E-state index contributed by atoms with van der Waals surface area (Å²) in [5, 5.41) is 19.3. The van der Waals surface area contributed by atoms with Crippen LogP contribution in [-0.2, 0) is 0 Å². The van der Waals surface area contributed by atoms with Crippen molar-refractivity contribution in [3.63, 3.8) is 0 Å². The Balaban J connectivity index is 2.42. The summed E-state index contributed by atoms with van der Waals surface area (Å²) in [4.78, 5) is 12.4. The zero-order valence-electron chi connectivity index (χ0n) is 10.5. The van der Waals surface area contributed by atoms with E-state index in [9.17, 15) is 15.0 Å². The number of rotatable bonds is 2. The molecule has 4 heteroatoms. The van der Waals surface area contributed by atoms with E-state index in [1.54, 1.807) is 48.5 Å². The molecule has 3 aromatic rings. The van der Waals surface area contributed by atoms with Gasteiger partial charge in [0.05, 0.1) is 10.9 Å². The van der Waals surface area contributed by atoms with Gasteiger partial charge in [0.25, 0.3) is 0 Å². The van der Waals surface area contributed by atoms with E-state index in [-0.39, 0.29) is 11.3 Å². The van der Waals surface area contributed by atoms with Crippen LogP contribution in [0.1, 0.15) is 11.9 Å². The lowest BCUT2D eigenvalue weighted by molar-refractivity contribution is -0.0435. The summed E-state index contributed by atoms with van der Waals surface area (Å²) in [7, 11) is 0. The highest BCUT2D eigenvalue weighted by atomic mass is 16.5. The van der Waals surface area contributed by atoms with Gasteiger partial charge in [0.15, 0.2) is 6.29 Å². The molecule has 0 aliphatic heterocycles. The number of aliphatic hydroxyl groups is 2. The number of hydrogen-bond acceptors (Lipinski definition) is 4. The van der Waals surface area contributed by atoms with E-state index < -0.39 is 11.7 Å². The van der Waals surface area contributed by atoms with Crippen molar-refractivity contribution in [1.29, 1.82) is 0 Å². The van der Waals surface area contributed by atoms with Gasteiger partial charge >= 0.3 is 0 Å². The van der Waals surface area contributed by atoms with Gasteiger partial charge in [-0.15, -0.1) is 0 Å². The largest absolute Gasteiger partial charge is 0.455 e. The summed E-state index contributed by atoms with van der Waals surface area (Å²) in [5.74, 6) is 0.185. The van der Waals surface area contributed by atoms with Gasteiger partial charge in [-0.1, -0.05) is 42.5 Å². The van der Waals surface area contributed by atoms with Crippen LogP contribution in [0.15, 0.2) is 63.8 Å². The minimum absolute atomic E-state index is 0.144. The van der Waals surface area contributed by atoms with Crippen LogP contribution in [0.2, 0.25) is 0 Å². The van der Waals surface area contributed by atoms with Crippen LogP contribution in [-0.4, -0.2) is 10.2 Å². The maximum Gasteiger partial charge on any atom is 0.201 e. The summed E-state index contributed by atoms with van der Waals surface area (Å²) in [6.07, 6.45) is -1.88. The Morgan fingerprint density at radius 3 is 2.25 bits per heavy atom. The van der Waals surface area contributed by atoms with Gasteiger partial charge in [-0.25, -0.2) is 0 Å². The monoisotopic (exact) mass is 268 g/mol. The normalized spacial score (nSPS) is 11.2. The third-order valence-electron chi connectivity index (χ3n) is 3.13. The second-order valence-corrected chi connectivity index (χ2v) is 4.41. The molecule has 0 saturated heterocycles. The van der Waals surface area contributed by atoms with Crippen LogP contribution in [0.4, 0.5) is 0 Å². The van der Waals surface area contributed by atoms with E-state index >= 15 is 0 Å². The lowest BCUT2D eigenvalue weighted by Crippen LogP contribution is -2.15. The quantitative estimate of drug-likeness (QED) is 0.700. The molecule has 0 aliphatic rings. The predicted octanol–water partition coefficient (Wildman–Crippen LogP) is 2.44. The van der Waals surface area contributed by atoms with Crippen molar-refractivity contribution in [1.82, 2.24) is 0 Å². The van der Waals surface area contributed by atoms with Crippen molar-refractivity contribution < 1.29 is 14.6 Å². The van der Waals surface area contributed by atoms with E-state index in [2.05, 4.69) is 0 Å². The molecule has 0 aliphatic carbocycles. The summed E-state index contributed by atoms with van der Waals surface area (Å²) in [5.41, 5.74) is 0.467. The molecule has 0 fully saturated rings. The van der Waals surface area contributed by atoms with Crippen LogP contribution < -0.4 is 5.43 Å². The van der Waals surface area contributed by atoms with E-state index in [1.165, 1.54) is 0 Å². The molecule has 0 unspecified atom stereocenters. The molecular formula is C16H12O4. The fraction of sp³-hybridized carbons (Fsp3) is 0.0625. The van der Waals surface area contributed by atoms with E-state index in [0.29, 0.717) is 16.5 Å². The molecule has 2 aromatic carbocycles. The van der Waals surface area contributed by atoms with Crippen molar-refractivity contribution in [2.45, 2.75) is 6.29 Å². The number of fused-ring (bicyclic) bond motifs is 1. The van der Waals surface area contributed by atoms with Gasteiger partial charge in [-0.05, 0) is 12.1 Å². The molecule has 100 valence electrons. The standard InChI is InChI=1S/C16H12O4/c17-14-11-8-4-5-9-12(11)20-15(13(14)16(18)19)10-6-2-1-3-7-10/h1-9,16,18-19H. The molecule has 0 bridgehead atoms. The molecular weight excluding hydrogens is 256 g/mol. The zero-order chi connectivity index (χ0) is 14.1. The highest BCUT2D eigenvalue weighted by molar-refractivity contribution is 5.80. The Kier molecular flexibility index (Phi) is 3.10. The number of hydrogen-bond donors (Lipinski definition) is 2. The number of benzene rings is 2. The maximum atomic E-state index is 12.4. The first-order chi connectivity index (χ1) is 9.68. The summed E-state index contributed by atoms with van der Waals surface area (Å²) < 4.78 is 5.70. The Morgan fingerprint density at radius 2 is 1.55 bits per heavy atom. The van der Waals surface area contributed by atoms with E-state index in [0.717, 1.165) is 0 Å². The smallest absolute Gasteiger partial charge is 0.201 e. The second kappa shape index (κ2) is 4.92. The average molecular weight is 268 g/mol. The second-order valence-electron chi connectivity index (χ2n) is 4.41. The lowest BCUT2D eigenvalue weighted by atomic mass is 10.0. The van der Waals surface area contributed by atoms with E-state index in [1.807, 2.05) is 6.07 Å². The van der Waals surface area contributed by atoms with Gasteiger partial charge < -0.3 is 14.6 Å². The minimum Gasteiger partial charge on any atom is -0.455 e. The van der Waals surface area contributed by atoms with Crippen LogP contribution in [0, 0.1) is 0 Å². The highest BCUT2D eigenvalue weighted by Crippen LogP contribution is 2.28. The summed E-state index contributed by atoms with van der Waals surface area (Å²) in [6, 6.07) is 15.6. The van der Waals surface area contributed by atoms with Crippen LogP contribution in [0.3, 0.4) is 0 Å². The third-order valence-corrected chi connectivity index (χ3v) is 3.13. The van der Waals surface area contributed by atoms with Gasteiger partial charge in [0.2, 0.25) is 5.43 Å². The number of para-hydroxylation sites is 1. The fourth-order valence-electron chi connectivity index (χ4n) is 2.19. The first-order valence-corrected chi connectivity index (χ1v) is 6.16. The van der Waals surface area contributed by atoms with Gasteiger partial charge in [0, 0.05) is 5.56 Å². The molecule has 1 aromatic heterocycles. The predicted molar refractivity (Wildman–Crippen MR) is 75.1 cm³/mol. The zero-order valence-corrected chi connectivity index (χ0v) is 10.5. The van der Waals surface area contributed by atoms with E-state index in [4.69, 9.17) is 4.42 Å². The molecule has 0 spiro atoms. The SMILES string of the molecule is O=c1c(C(O)O)c(-c2ccccc2)oc2ccccc12. The fourth-order valence-corrected chi connectivity index (χ4v) is 2.19. The summed E-state index contributed by atoms with van der Waals surface area (Å²) in [6.45, 7) is 0. The Hall–Kier alpha value is -2.43. The van der Waals surface area contributed by atoms with Crippen LogP contribution in [0.5, 0.6) is 0 Å². The Labute approximate surface area is 114 Å². The molecule has 2 N–H and O–H groups in total. The van der Waals surface area contributed by atoms with Crippen molar-refractivity contribution in [3.05, 3.63) is 70.4 Å². The Morgan fingerprint density at radius 1 is 0.900 bits per heavy atom. The number of aliphatic hydroxyl groups excluding tert-OH is 1. The van der Waals surface area contributed by atoms with Gasteiger partial charge in [-0.2, -0.15) is 0 Å². The highest BCUT2D eigenvalue weighted by Gasteiger charge is 2.20. The molecule has 0 atom stereocenters. The molecule has 4 nitrogen and oxygen atoms in total. The van der Waals surface area contributed by atoms with Crippen molar-refractivity contribution >= 4 is 11.0 Å². The first kappa shape index (κ1) is 12.6.